The Kier molecular flexibility index (Phi) is 7.68. The largest absolute Gasteiger partial charge is 0.489 e. The summed E-state index contributed by atoms with van der Waals surface area (Å²) in [6, 6.07) is 18.0. The molecule has 0 unspecified atom stereocenters. The first-order chi connectivity index (χ1) is 15.7. The van der Waals surface area contributed by atoms with Crippen LogP contribution in [0.2, 0.25) is 5.02 Å². The number of alkyl halides is 3. The predicted molar refractivity (Wildman–Crippen MR) is 118 cm³/mol. The van der Waals surface area contributed by atoms with Gasteiger partial charge in [-0.2, -0.15) is 18.3 Å². The average Bonchev–Trinajstić information content (AvgIpc) is 2.79. The van der Waals surface area contributed by atoms with E-state index in [1.54, 1.807) is 30.3 Å². The van der Waals surface area contributed by atoms with E-state index in [0.29, 0.717) is 22.9 Å². The van der Waals surface area contributed by atoms with Gasteiger partial charge in [0.2, 0.25) is 0 Å². The highest BCUT2D eigenvalue weighted by molar-refractivity contribution is 6.39. The van der Waals surface area contributed by atoms with Gasteiger partial charge in [-0.1, -0.05) is 35.9 Å². The number of rotatable bonds is 6. The zero-order valence-electron chi connectivity index (χ0n) is 16.9. The minimum Gasteiger partial charge on any atom is -0.489 e. The molecule has 0 saturated heterocycles. The van der Waals surface area contributed by atoms with Gasteiger partial charge in [0.15, 0.2) is 0 Å². The molecule has 0 spiro atoms. The van der Waals surface area contributed by atoms with Crippen LogP contribution in [0, 0.1) is 0 Å². The summed E-state index contributed by atoms with van der Waals surface area (Å²) < 4.78 is 43.9. The molecule has 0 radical (unpaired) electrons. The van der Waals surface area contributed by atoms with Gasteiger partial charge in [0.05, 0.1) is 11.8 Å². The van der Waals surface area contributed by atoms with Crippen molar-refractivity contribution in [1.29, 1.82) is 0 Å². The molecule has 10 heteroatoms. The van der Waals surface area contributed by atoms with Crippen molar-refractivity contribution < 1.29 is 27.5 Å². The quantitative estimate of drug-likeness (QED) is 0.298. The normalized spacial score (nSPS) is 11.3. The van der Waals surface area contributed by atoms with Gasteiger partial charge in [-0.3, -0.25) is 9.59 Å². The summed E-state index contributed by atoms with van der Waals surface area (Å²) in [7, 11) is 0. The minimum atomic E-state index is -4.57. The molecule has 33 heavy (non-hydrogen) atoms. The first-order valence-electron chi connectivity index (χ1n) is 9.50. The number of hydrogen-bond acceptors (Lipinski definition) is 4. The van der Waals surface area contributed by atoms with Crippen molar-refractivity contribution in [2.75, 3.05) is 5.32 Å². The van der Waals surface area contributed by atoms with E-state index in [0.717, 1.165) is 23.8 Å². The zero-order valence-corrected chi connectivity index (χ0v) is 17.7. The first kappa shape index (κ1) is 23.8. The number of anilines is 1. The number of carbonyl (C=O) groups is 2. The van der Waals surface area contributed by atoms with Crippen molar-refractivity contribution in [1.82, 2.24) is 5.43 Å². The van der Waals surface area contributed by atoms with Crippen LogP contribution in [0.3, 0.4) is 0 Å². The number of benzene rings is 3. The van der Waals surface area contributed by atoms with Crippen molar-refractivity contribution in [3.63, 3.8) is 0 Å². The third kappa shape index (κ3) is 7.08. The van der Waals surface area contributed by atoms with Crippen LogP contribution in [0.5, 0.6) is 5.75 Å². The molecule has 3 aromatic carbocycles. The Hall–Kier alpha value is -3.85. The topological polar surface area (TPSA) is 79.8 Å². The number of hydrogen-bond donors (Lipinski definition) is 2. The van der Waals surface area contributed by atoms with Crippen LogP contribution in [0.4, 0.5) is 18.9 Å². The lowest BCUT2D eigenvalue weighted by Crippen LogP contribution is -2.32. The molecule has 0 aliphatic heterocycles. The predicted octanol–water partition coefficient (Wildman–Crippen LogP) is 5.03. The van der Waals surface area contributed by atoms with Crippen LogP contribution in [0.15, 0.2) is 77.9 Å². The molecule has 0 aliphatic rings. The van der Waals surface area contributed by atoms with Gasteiger partial charge in [0.1, 0.15) is 12.4 Å². The maximum Gasteiger partial charge on any atom is 0.416 e. The number of nitrogens with zero attached hydrogens (tertiary/aromatic N) is 1. The molecular weight excluding hydrogens is 459 g/mol. The van der Waals surface area contributed by atoms with E-state index in [-0.39, 0.29) is 5.69 Å². The van der Waals surface area contributed by atoms with E-state index in [2.05, 4.69) is 10.4 Å². The molecule has 0 aliphatic carbocycles. The molecule has 2 amide bonds. The summed E-state index contributed by atoms with van der Waals surface area (Å²) in [5, 5.41) is 6.37. The molecule has 3 rings (SSSR count). The van der Waals surface area contributed by atoms with Crippen LogP contribution in [0.1, 0.15) is 16.7 Å². The van der Waals surface area contributed by atoms with Crippen LogP contribution in [-0.4, -0.2) is 18.0 Å². The van der Waals surface area contributed by atoms with Crippen molar-refractivity contribution in [3.8, 4) is 5.75 Å². The second kappa shape index (κ2) is 10.6. The van der Waals surface area contributed by atoms with Crippen LogP contribution in [-0.2, 0) is 22.4 Å². The third-order valence-corrected chi connectivity index (χ3v) is 4.63. The van der Waals surface area contributed by atoms with Crippen LogP contribution >= 0.6 is 11.6 Å². The summed E-state index contributed by atoms with van der Waals surface area (Å²) in [6.07, 6.45) is -3.27. The van der Waals surface area contributed by atoms with E-state index in [1.165, 1.54) is 12.3 Å². The maximum absolute atomic E-state index is 12.7. The van der Waals surface area contributed by atoms with Crippen molar-refractivity contribution >= 4 is 35.3 Å². The van der Waals surface area contributed by atoms with Crippen LogP contribution < -0.4 is 15.5 Å². The highest BCUT2D eigenvalue weighted by atomic mass is 35.5. The van der Waals surface area contributed by atoms with E-state index >= 15 is 0 Å². The lowest BCUT2D eigenvalue weighted by Gasteiger charge is -2.09. The Bertz CT molecular complexity index is 1170. The fourth-order valence-electron chi connectivity index (χ4n) is 2.60. The Morgan fingerprint density at radius 3 is 2.39 bits per heavy atom. The van der Waals surface area contributed by atoms with Crippen molar-refractivity contribution in [3.05, 3.63) is 94.5 Å². The van der Waals surface area contributed by atoms with Crippen LogP contribution in [0.25, 0.3) is 0 Å². The summed E-state index contributed by atoms with van der Waals surface area (Å²) in [5.74, 6) is -1.70. The van der Waals surface area contributed by atoms with Gasteiger partial charge in [-0.25, -0.2) is 5.43 Å². The summed E-state index contributed by atoms with van der Waals surface area (Å²) in [5.41, 5.74) is 2.36. The van der Waals surface area contributed by atoms with E-state index in [4.69, 9.17) is 16.3 Å². The zero-order chi connectivity index (χ0) is 23.8. The fraction of sp³-hybridized carbons (Fsp3) is 0.0870. The molecule has 0 fully saturated rings. The van der Waals surface area contributed by atoms with Gasteiger partial charge < -0.3 is 10.1 Å². The number of halogens is 4. The molecule has 0 aromatic heterocycles. The molecule has 0 saturated carbocycles. The summed E-state index contributed by atoms with van der Waals surface area (Å²) >= 11 is 6.09. The van der Waals surface area contributed by atoms with E-state index < -0.39 is 23.6 Å². The number of carbonyl (C=O) groups excluding carboxylic acids is 2. The Morgan fingerprint density at radius 2 is 1.70 bits per heavy atom. The Balaban J connectivity index is 1.49. The van der Waals surface area contributed by atoms with Crippen molar-refractivity contribution in [2.45, 2.75) is 12.8 Å². The Labute approximate surface area is 192 Å². The fourth-order valence-corrected chi connectivity index (χ4v) is 2.79. The number of amides is 2. The first-order valence-corrected chi connectivity index (χ1v) is 9.88. The van der Waals surface area contributed by atoms with Gasteiger partial charge in [0.25, 0.3) is 0 Å². The maximum atomic E-state index is 12.7. The van der Waals surface area contributed by atoms with E-state index in [9.17, 15) is 22.8 Å². The second-order valence-corrected chi connectivity index (χ2v) is 7.09. The Morgan fingerprint density at radius 1 is 0.970 bits per heavy atom. The molecule has 0 heterocycles. The molecule has 0 atom stereocenters. The SMILES string of the molecule is O=C(N/N=C\c1ccc(OCc2ccccc2Cl)cc1)C(=O)Nc1cccc(C(F)(F)F)c1. The molecular formula is C23H17ClF3N3O3. The molecule has 0 bridgehead atoms. The van der Waals surface area contributed by atoms with Gasteiger partial charge in [0, 0.05) is 16.3 Å². The minimum absolute atomic E-state index is 0.165. The number of hydrazone groups is 1. The second-order valence-electron chi connectivity index (χ2n) is 6.68. The summed E-state index contributed by atoms with van der Waals surface area (Å²) in [6.45, 7) is 0.296. The highest BCUT2D eigenvalue weighted by Gasteiger charge is 2.30. The number of nitrogens with one attached hydrogen (secondary N) is 2. The highest BCUT2D eigenvalue weighted by Crippen LogP contribution is 2.30. The smallest absolute Gasteiger partial charge is 0.416 e. The molecule has 170 valence electrons. The molecule has 3 aromatic rings. The summed E-state index contributed by atoms with van der Waals surface area (Å²) in [4.78, 5) is 23.7. The monoisotopic (exact) mass is 475 g/mol. The van der Waals surface area contributed by atoms with Gasteiger partial charge in [-0.15, -0.1) is 0 Å². The molecule has 2 N–H and O–H groups in total. The average molecular weight is 476 g/mol. The standard InChI is InChI=1S/C23H17ClF3N3O3/c24-20-7-2-1-4-16(20)14-33-19-10-8-15(9-11-19)13-28-30-22(32)21(31)29-18-6-3-5-17(12-18)23(25,26)27/h1-13H,14H2,(H,29,31)(H,30,32)/b28-13-. The van der Waals surface area contributed by atoms with Gasteiger partial charge >= 0.3 is 18.0 Å². The molecule has 6 nitrogen and oxygen atoms in total. The lowest BCUT2D eigenvalue weighted by molar-refractivity contribution is -0.137. The van der Waals surface area contributed by atoms with E-state index in [1.807, 2.05) is 23.6 Å². The lowest BCUT2D eigenvalue weighted by atomic mass is 10.2. The number of ether oxygens (including phenoxy) is 1. The van der Waals surface area contributed by atoms with Crippen molar-refractivity contribution in [2.24, 2.45) is 5.10 Å². The third-order valence-electron chi connectivity index (χ3n) is 4.27. The van der Waals surface area contributed by atoms with Gasteiger partial charge in [-0.05, 0) is 54.1 Å².